The molecule has 0 fully saturated rings. The van der Waals surface area contributed by atoms with Crippen molar-refractivity contribution in [1.29, 1.82) is 0 Å². The van der Waals surface area contributed by atoms with Gasteiger partial charge < -0.3 is 14.8 Å². The summed E-state index contributed by atoms with van der Waals surface area (Å²) in [4.78, 5) is 16.8. The van der Waals surface area contributed by atoms with Crippen LogP contribution in [-0.2, 0) is 10.0 Å². The molecule has 1 heterocycles. The smallest absolute Gasteiger partial charge is 0.267 e. The minimum atomic E-state index is -3.97. The van der Waals surface area contributed by atoms with Crippen molar-refractivity contribution in [1.82, 2.24) is 4.98 Å². The molecular weight excluding hydrogens is 433 g/mol. The summed E-state index contributed by atoms with van der Waals surface area (Å²) in [7, 11) is -1.13. The van der Waals surface area contributed by atoms with E-state index in [1.165, 1.54) is 56.7 Å². The van der Waals surface area contributed by atoms with Crippen LogP contribution >= 0.6 is 11.3 Å². The van der Waals surface area contributed by atoms with E-state index in [1.54, 1.807) is 6.92 Å². The number of methoxy groups -OCH3 is 2. The predicted molar refractivity (Wildman–Crippen MR) is 112 cm³/mol. The number of sulfonamides is 1. The van der Waals surface area contributed by atoms with Crippen LogP contribution in [0.5, 0.6) is 11.5 Å². The number of aryl methyl sites for hydroxylation is 1. The number of rotatable bonds is 7. The normalized spacial score (nSPS) is 11.1. The fourth-order valence-corrected chi connectivity index (χ4v) is 4.64. The highest BCUT2D eigenvalue weighted by molar-refractivity contribution is 7.93. The Labute approximate surface area is 176 Å². The summed E-state index contributed by atoms with van der Waals surface area (Å²) in [6.45, 7) is 1.59. The van der Waals surface area contributed by atoms with Crippen LogP contribution in [0.4, 0.5) is 15.2 Å². The lowest BCUT2D eigenvalue weighted by Crippen LogP contribution is -2.13. The number of carbonyl (C=O) groups is 1. The number of anilines is 2. The molecule has 1 aromatic heterocycles. The highest BCUT2D eigenvalue weighted by atomic mass is 32.2. The number of halogens is 1. The van der Waals surface area contributed by atoms with Crippen molar-refractivity contribution in [2.75, 3.05) is 24.3 Å². The van der Waals surface area contributed by atoms with Gasteiger partial charge in [0.25, 0.3) is 15.9 Å². The van der Waals surface area contributed by atoms with E-state index in [4.69, 9.17) is 9.47 Å². The molecule has 8 nitrogen and oxygen atoms in total. The number of aromatic nitrogens is 1. The minimum Gasteiger partial charge on any atom is -0.493 e. The zero-order valence-corrected chi connectivity index (χ0v) is 17.9. The third kappa shape index (κ3) is 4.69. The maximum absolute atomic E-state index is 13.0. The number of hydrogen-bond donors (Lipinski definition) is 2. The van der Waals surface area contributed by atoms with Crippen molar-refractivity contribution >= 4 is 38.1 Å². The average Bonchev–Trinajstić information content (AvgIpc) is 3.08. The van der Waals surface area contributed by atoms with Gasteiger partial charge in [0.15, 0.2) is 16.6 Å². The first-order chi connectivity index (χ1) is 14.2. The second-order valence-corrected chi connectivity index (χ2v) is 8.70. The molecule has 158 valence electrons. The van der Waals surface area contributed by atoms with Crippen LogP contribution in [0.3, 0.4) is 0 Å². The van der Waals surface area contributed by atoms with Gasteiger partial charge in [0.1, 0.15) is 10.7 Å². The fourth-order valence-electron chi connectivity index (χ4n) is 2.53. The maximum atomic E-state index is 13.0. The first kappa shape index (κ1) is 21.5. The van der Waals surface area contributed by atoms with E-state index in [0.29, 0.717) is 17.1 Å². The number of carbonyl (C=O) groups excluding carboxylic acids is 1. The minimum absolute atomic E-state index is 0.0338. The molecule has 0 bridgehead atoms. The Balaban J connectivity index is 1.80. The first-order valence-electron chi connectivity index (χ1n) is 8.52. The van der Waals surface area contributed by atoms with Crippen molar-refractivity contribution in [3.8, 4) is 11.5 Å². The van der Waals surface area contributed by atoms with Gasteiger partial charge >= 0.3 is 0 Å². The van der Waals surface area contributed by atoms with Crippen molar-refractivity contribution in [3.05, 3.63) is 58.9 Å². The Morgan fingerprint density at radius 3 is 2.37 bits per heavy atom. The van der Waals surface area contributed by atoms with Gasteiger partial charge in [-0.3, -0.25) is 9.52 Å². The Kier molecular flexibility index (Phi) is 6.22. The molecule has 1 amide bonds. The van der Waals surface area contributed by atoms with Gasteiger partial charge in [-0.15, -0.1) is 0 Å². The molecule has 0 aliphatic carbocycles. The second kappa shape index (κ2) is 8.67. The molecule has 11 heteroatoms. The largest absolute Gasteiger partial charge is 0.493 e. The van der Waals surface area contributed by atoms with Crippen molar-refractivity contribution in [3.63, 3.8) is 0 Å². The Morgan fingerprint density at radius 1 is 1.07 bits per heavy atom. The van der Waals surface area contributed by atoms with Crippen LogP contribution in [0.15, 0.2) is 47.4 Å². The molecule has 2 N–H and O–H groups in total. The topological polar surface area (TPSA) is 107 Å². The van der Waals surface area contributed by atoms with Crippen LogP contribution in [0.25, 0.3) is 0 Å². The molecule has 0 saturated heterocycles. The Hall–Kier alpha value is -3.18. The summed E-state index contributed by atoms with van der Waals surface area (Å²) in [5.74, 6) is -0.252. The lowest BCUT2D eigenvalue weighted by molar-refractivity contribution is 0.102. The molecule has 30 heavy (non-hydrogen) atoms. The summed E-state index contributed by atoms with van der Waals surface area (Å²) < 4.78 is 51.0. The molecule has 0 atom stereocenters. The number of hydrogen-bond acceptors (Lipinski definition) is 7. The summed E-state index contributed by atoms with van der Waals surface area (Å²) >= 11 is 0.886. The number of thiazole rings is 1. The summed E-state index contributed by atoms with van der Waals surface area (Å²) in [5.41, 5.74) is 0.756. The van der Waals surface area contributed by atoms with E-state index in [0.717, 1.165) is 11.3 Å². The van der Waals surface area contributed by atoms with Crippen molar-refractivity contribution in [2.24, 2.45) is 0 Å². The zero-order chi connectivity index (χ0) is 21.9. The van der Waals surface area contributed by atoms with E-state index in [-0.39, 0.29) is 20.7 Å². The standard InChI is InChI=1S/C19H18FN3O5S2/c1-11-17(18(24)22-13-6-4-12(20)5-7-13)29-19(21-11)23-30(25,26)14-8-9-15(27-2)16(10-14)28-3/h4-10H,1-3H3,(H,21,23)(H,22,24). The van der Waals surface area contributed by atoms with Crippen LogP contribution < -0.4 is 19.5 Å². The number of benzene rings is 2. The number of nitrogens with one attached hydrogen (secondary N) is 2. The quantitative estimate of drug-likeness (QED) is 0.568. The van der Waals surface area contributed by atoms with E-state index in [2.05, 4.69) is 15.0 Å². The van der Waals surface area contributed by atoms with Crippen LogP contribution in [0.1, 0.15) is 15.4 Å². The third-order valence-electron chi connectivity index (χ3n) is 3.99. The van der Waals surface area contributed by atoms with Gasteiger partial charge in [-0.25, -0.2) is 17.8 Å². The fraction of sp³-hybridized carbons (Fsp3) is 0.158. The van der Waals surface area contributed by atoms with Gasteiger partial charge in [0, 0.05) is 11.8 Å². The van der Waals surface area contributed by atoms with Gasteiger partial charge in [0.2, 0.25) is 0 Å². The van der Waals surface area contributed by atoms with E-state index in [1.807, 2.05) is 0 Å². The lowest BCUT2D eigenvalue weighted by atomic mass is 10.3. The highest BCUT2D eigenvalue weighted by Crippen LogP contribution is 2.31. The molecule has 0 saturated carbocycles. The average molecular weight is 452 g/mol. The zero-order valence-electron chi connectivity index (χ0n) is 16.2. The summed E-state index contributed by atoms with van der Waals surface area (Å²) in [6.07, 6.45) is 0. The van der Waals surface area contributed by atoms with Crippen LogP contribution in [0, 0.1) is 12.7 Å². The molecule has 3 aromatic rings. The van der Waals surface area contributed by atoms with Crippen LogP contribution in [0.2, 0.25) is 0 Å². The molecule has 0 aliphatic heterocycles. The van der Waals surface area contributed by atoms with Gasteiger partial charge in [-0.05, 0) is 43.3 Å². The summed E-state index contributed by atoms with van der Waals surface area (Å²) in [6, 6.07) is 9.45. The predicted octanol–water partition coefficient (Wildman–Crippen LogP) is 3.66. The number of nitrogens with zero attached hydrogens (tertiary/aromatic N) is 1. The van der Waals surface area contributed by atoms with E-state index >= 15 is 0 Å². The SMILES string of the molecule is COc1ccc(S(=O)(=O)Nc2nc(C)c(C(=O)Nc3ccc(F)cc3)s2)cc1OC. The van der Waals surface area contributed by atoms with E-state index in [9.17, 15) is 17.6 Å². The van der Waals surface area contributed by atoms with Gasteiger partial charge in [0.05, 0.1) is 24.8 Å². The maximum Gasteiger partial charge on any atom is 0.267 e. The molecule has 3 rings (SSSR count). The molecule has 0 spiro atoms. The molecule has 0 radical (unpaired) electrons. The van der Waals surface area contributed by atoms with Gasteiger partial charge in [-0.2, -0.15) is 0 Å². The molecule has 2 aromatic carbocycles. The van der Waals surface area contributed by atoms with Gasteiger partial charge in [-0.1, -0.05) is 11.3 Å². The lowest BCUT2D eigenvalue weighted by Gasteiger charge is -2.10. The number of amides is 1. The molecule has 0 aliphatic rings. The van der Waals surface area contributed by atoms with Crippen molar-refractivity contribution < 1.29 is 27.1 Å². The van der Waals surface area contributed by atoms with E-state index < -0.39 is 21.7 Å². The Morgan fingerprint density at radius 2 is 1.73 bits per heavy atom. The molecular formula is C19H18FN3O5S2. The van der Waals surface area contributed by atoms with Crippen molar-refractivity contribution in [2.45, 2.75) is 11.8 Å². The Bertz CT molecular complexity index is 1180. The highest BCUT2D eigenvalue weighted by Gasteiger charge is 2.22. The second-order valence-electron chi connectivity index (χ2n) is 6.02. The first-order valence-corrected chi connectivity index (χ1v) is 10.8. The van der Waals surface area contributed by atoms with Crippen LogP contribution in [-0.4, -0.2) is 33.5 Å². The monoisotopic (exact) mass is 451 g/mol. The number of ether oxygens (including phenoxy) is 2. The summed E-state index contributed by atoms with van der Waals surface area (Å²) in [5, 5.41) is 2.65. The molecule has 0 unspecified atom stereocenters. The third-order valence-corrected chi connectivity index (χ3v) is 6.53.